The van der Waals surface area contributed by atoms with E-state index in [-0.39, 0.29) is 5.82 Å². The largest absolute Gasteiger partial charge is 0.378 e. The first-order chi connectivity index (χ1) is 10.5. The molecule has 0 aliphatic carbocycles. The highest BCUT2D eigenvalue weighted by molar-refractivity contribution is 5.72. The van der Waals surface area contributed by atoms with Crippen molar-refractivity contribution < 1.29 is 4.39 Å². The van der Waals surface area contributed by atoms with Gasteiger partial charge in [0, 0.05) is 38.6 Å². The number of benzene rings is 1. The van der Waals surface area contributed by atoms with Crippen molar-refractivity contribution in [2.24, 2.45) is 14.1 Å². The van der Waals surface area contributed by atoms with Crippen LogP contribution in [0, 0.1) is 12.7 Å². The van der Waals surface area contributed by atoms with Crippen molar-refractivity contribution in [1.29, 1.82) is 0 Å². The lowest BCUT2D eigenvalue weighted by molar-refractivity contribution is 0.625. The van der Waals surface area contributed by atoms with E-state index in [1.807, 2.05) is 33.4 Å². The quantitative estimate of drug-likeness (QED) is 0.806. The van der Waals surface area contributed by atoms with Gasteiger partial charge in [0.25, 0.3) is 0 Å². The maximum Gasteiger partial charge on any atom is 0.123 e. The molecule has 1 aromatic carbocycles. The van der Waals surface area contributed by atoms with Crippen LogP contribution in [0.5, 0.6) is 0 Å². The molecule has 1 N–H and O–H groups in total. The predicted octanol–water partition coefficient (Wildman–Crippen LogP) is 2.88. The smallest absolute Gasteiger partial charge is 0.123 e. The summed E-state index contributed by atoms with van der Waals surface area (Å²) in [5.74, 6) is -0.221. The van der Waals surface area contributed by atoms with Gasteiger partial charge in [0.15, 0.2) is 0 Å². The molecule has 0 spiro atoms. The molecule has 2 aromatic heterocycles. The van der Waals surface area contributed by atoms with Crippen LogP contribution in [0.3, 0.4) is 0 Å². The van der Waals surface area contributed by atoms with Crippen molar-refractivity contribution >= 4 is 5.69 Å². The van der Waals surface area contributed by atoms with E-state index in [1.165, 1.54) is 6.07 Å². The summed E-state index contributed by atoms with van der Waals surface area (Å²) in [5, 5.41) is 12.0. The number of nitrogens with one attached hydrogen (secondary N) is 1. The molecule has 0 radical (unpaired) electrons. The Bertz CT molecular complexity index is 803. The van der Waals surface area contributed by atoms with Crippen LogP contribution in [0.15, 0.2) is 36.8 Å². The summed E-state index contributed by atoms with van der Waals surface area (Å²) in [6.45, 7) is 2.52. The van der Waals surface area contributed by atoms with E-state index in [1.54, 1.807) is 27.7 Å². The summed E-state index contributed by atoms with van der Waals surface area (Å²) >= 11 is 0. The number of anilines is 1. The molecule has 0 fully saturated rings. The number of aryl methyl sites for hydroxylation is 3. The molecule has 0 atom stereocenters. The normalized spacial score (nSPS) is 10.9. The number of nitrogens with zero attached hydrogens (tertiary/aromatic N) is 4. The van der Waals surface area contributed by atoms with Gasteiger partial charge >= 0.3 is 0 Å². The summed E-state index contributed by atoms with van der Waals surface area (Å²) in [5.41, 5.74) is 4.67. The third-order valence-corrected chi connectivity index (χ3v) is 3.59. The molecule has 0 unspecified atom stereocenters. The van der Waals surface area contributed by atoms with E-state index >= 15 is 0 Å². The van der Waals surface area contributed by atoms with Gasteiger partial charge in [-0.3, -0.25) is 9.36 Å². The van der Waals surface area contributed by atoms with Gasteiger partial charge in [-0.2, -0.15) is 10.2 Å². The summed E-state index contributed by atoms with van der Waals surface area (Å²) in [7, 11) is 3.74. The van der Waals surface area contributed by atoms with Crippen LogP contribution >= 0.6 is 0 Å². The minimum absolute atomic E-state index is 0.221. The van der Waals surface area contributed by atoms with Gasteiger partial charge < -0.3 is 5.32 Å². The number of hydrogen-bond donors (Lipinski definition) is 1. The average molecular weight is 299 g/mol. The number of rotatable bonds is 4. The first-order valence-corrected chi connectivity index (χ1v) is 7.04. The van der Waals surface area contributed by atoms with Crippen molar-refractivity contribution in [2.75, 3.05) is 5.32 Å². The lowest BCUT2D eigenvalue weighted by Gasteiger charge is -2.08. The maximum atomic E-state index is 13.4. The van der Waals surface area contributed by atoms with Gasteiger partial charge in [-0.1, -0.05) is 6.07 Å². The van der Waals surface area contributed by atoms with Gasteiger partial charge in [-0.15, -0.1) is 0 Å². The second-order valence-corrected chi connectivity index (χ2v) is 5.39. The topological polar surface area (TPSA) is 47.7 Å². The Hall–Kier alpha value is -2.63. The number of halogens is 1. The van der Waals surface area contributed by atoms with Gasteiger partial charge in [0.2, 0.25) is 0 Å². The first kappa shape index (κ1) is 14.3. The zero-order chi connectivity index (χ0) is 15.7. The SMILES string of the molecule is Cc1ccc(F)cc1CNc1cn(C)nc1-c1cnn(C)c1. The molecule has 2 heterocycles. The van der Waals surface area contributed by atoms with Crippen LogP contribution in [-0.4, -0.2) is 19.6 Å². The highest BCUT2D eigenvalue weighted by Crippen LogP contribution is 2.26. The van der Waals surface area contributed by atoms with Crippen molar-refractivity contribution in [3.05, 3.63) is 53.7 Å². The molecule has 0 saturated heterocycles. The van der Waals surface area contributed by atoms with Crippen molar-refractivity contribution in [1.82, 2.24) is 19.6 Å². The third kappa shape index (κ3) is 2.86. The van der Waals surface area contributed by atoms with E-state index in [0.29, 0.717) is 6.54 Å². The zero-order valence-corrected chi connectivity index (χ0v) is 12.8. The van der Waals surface area contributed by atoms with Gasteiger partial charge in [-0.05, 0) is 30.2 Å². The molecule has 0 bridgehead atoms. The van der Waals surface area contributed by atoms with Gasteiger partial charge in [-0.25, -0.2) is 4.39 Å². The summed E-state index contributed by atoms with van der Waals surface area (Å²) in [6, 6.07) is 4.82. The van der Waals surface area contributed by atoms with Gasteiger partial charge in [0.05, 0.1) is 11.9 Å². The Kier molecular flexibility index (Phi) is 3.66. The number of aromatic nitrogens is 4. The summed E-state index contributed by atoms with van der Waals surface area (Å²) in [4.78, 5) is 0. The fourth-order valence-electron chi connectivity index (χ4n) is 2.40. The molecule has 5 nitrogen and oxygen atoms in total. The van der Waals surface area contributed by atoms with Crippen LogP contribution in [0.25, 0.3) is 11.3 Å². The summed E-state index contributed by atoms with van der Waals surface area (Å²) in [6.07, 6.45) is 5.61. The number of hydrogen-bond acceptors (Lipinski definition) is 3. The van der Waals surface area contributed by atoms with Crippen molar-refractivity contribution in [2.45, 2.75) is 13.5 Å². The third-order valence-electron chi connectivity index (χ3n) is 3.59. The first-order valence-electron chi connectivity index (χ1n) is 7.04. The molecule has 6 heteroatoms. The monoisotopic (exact) mass is 299 g/mol. The zero-order valence-electron chi connectivity index (χ0n) is 12.8. The fraction of sp³-hybridized carbons (Fsp3) is 0.250. The minimum Gasteiger partial charge on any atom is -0.378 e. The van der Waals surface area contributed by atoms with Crippen LogP contribution in [-0.2, 0) is 20.6 Å². The van der Waals surface area contributed by atoms with E-state index in [2.05, 4.69) is 15.5 Å². The van der Waals surface area contributed by atoms with E-state index in [0.717, 1.165) is 28.1 Å². The average Bonchev–Trinajstić information content (AvgIpc) is 3.05. The Morgan fingerprint density at radius 3 is 2.73 bits per heavy atom. The molecule has 0 aliphatic rings. The Morgan fingerprint density at radius 2 is 2.00 bits per heavy atom. The Morgan fingerprint density at radius 1 is 1.18 bits per heavy atom. The molecule has 22 heavy (non-hydrogen) atoms. The molecular formula is C16H18FN5. The van der Waals surface area contributed by atoms with Crippen LogP contribution in [0.4, 0.5) is 10.1 Å². The van der Waals surface area contributed by atoms with Crippen molar-refractivity contribution in [3.8, 4) is 11.3 Å². The van der Waals surface area contributed by atoms with Crippen LogP contribution < -0.4 is 5.32 Å². The fourth-order valence-corrected chi connectivity index (χ4v) is 2.40. The maximum absolute atomic E-state index is 13.4. The lowest BCUT2D eigenvalue weighted by atomic mass is 10.1. The van der Waals surface area contributed by atoms with Crippen LogP contribution in [0.2, 0.25) is 0 Å². The lowest BCUT2D eigenvalue weighted by Crippen LogP contribution is -2.02. The Balaban J connectivity index is 1.85. The van der Waals surface area contributed by atoms with E-state index in [9.17, 15) is 4.39 Å². The van der Waals surface area contributed by atoms with Gasteiger partial charge in [0.1, 0.15) is 11.5 Å². The highest BCUT2D eigenvalue weighted by Gasteiger charge is 2.12. The highest BCUT2D eigenvalue weighted by atomic mass is 19.1. The molecule has 3 rings (SSSR count). The molecule has 0 amide bonds. The molecule has 114 valence electrons. The van der Waals surface area contributed by atoms with E-state index in [4.69, 9.17) is 0 Å². The Labute approximate surface area is 128 Å². The van der Waals surface area contributed by atoms with E-state index < -0.39 is 0 Å². The van der Waals surface area contributed by atoms with Crippen LogP contribution in [0.1, 0.15) is 11.1 Å². The molecule has 3 aromatic rings. The standard InChI is InChI=1S/C16H18FN5/c1-11-4-5-14(17)6-12(11)7-18-15-10-22(3)20-16(15)13-8-19-21(2)9-13/h4-6,8-10,18H,7H2,1-3H3. The predicted molar refractivity (Wildman–Crippen MR) is 83.9 cm³/mol. The van der Waals surface area contributed by atoms with Crippen molar-refractivity contribution in [3.63, 3.8) is 0 Å². The summed E-state index contributed by atoms with van der Waals surface area (Å²) < 4.78 is 16.9. The molecule has 0 saturated carbocycles. The minimum atomic E-state index is -0.221. The second-order valence-electron chi connectivity index (χ2n) is 5.39. The molecular weight excluding hydrogens is 281 g/mol. The second kappa shape index (κ2) is 5.63. The molecule has 0 aliphatic heterocycles.